The quantitative estimate of drug-likeness (QED) is 0.756. The lowest BCUT2D eigenvalue weighted by Gasteiger charge is -2.25. The van der Waals surface area contributed by atoms with Crippen LogP contribution in [0.15, 0.2) is 10.6 Å². The van der Waals surface area contributed by atoms with Crippen LogP contribution in [0.4, 0.5) is 5.82 Å². The van der Waals surface area contributed by atoms with Gasteiger partial charge in [0.25, 0.3) is 5.91 Å². The second-order valence-electron chi connectivity index (χ2n) is 3.46. The minimum atomic E-state index is -0.569. The van der Waals surface area contributed by atoms with Gasteiger partial charge in [-0.3, -0.25) is 4.79 Å². The van der Waals surface area contributed by atoms with Crippen LogP contribution in [0.1, 0.15) is 29.8 Å². The van der Waals surface area contributed by atoms with Crippen LogP contribution in [0, 0.1) is 0 Å². The number of primary amides is 1. The Labute approximate surface area is 81.8 Å². The molecule has 2 heterocycles. The van der Waals surface area contributed by atoms with Crippen LogP contribution in [0.2, 0.25) is 0 Å². The Kier molecular flexibility index (Phi) is 2.39. The zero-order valence-corrected chi connectivity index (χ0v) is 7.90. The molecule has 1 aromatic heterocycles. The Bertz CT molecular complexity index is 329. The average molecular weight is 195 g/mol. The third-order valence-electron chi connectivity index (χ3n) is 2.42. The minimum Gasteiger partial charge on any atom is -0.363 e. The van der Waals surface area contributed by atoms with Crippen molar-refractivity contribution < 1.29 is 9.32 Å². The third kappa shape index (κ3) is 1.71. The predicted molar refractivity (Wildman–Crippen MR) is 51.1 cm³/mol. The summed E-state index contributed by atoms with van der Waals surface area (Å²) in [5.41, 5.74) is 5.07. The molecule has 76 valence electrons. The largest absolute Gasteiger partial charge is 0.363 e. The number of hydrogen-bond acceptors (Lipinski definition) is 4. The van der Waals surface area contributed by atoms with E-state index >= 15 is 0 Å². The smallest absolute Gasteiger partial charge is 0.287 e. The number of nitrogens with zero attached hydrogens (tertiary/aromatic N) is 2. The van der Waals surface area contributed by atoms with Crippen molar-refractivity contribution in [2.24, 2.45) is 5.73 Å². The fourth-order valence-corrected chi connectivity index (χ4v) is 1.65. The lowest BCUT2D eigenvalue weighted by Crippen LogP contribution is -2.29. The Morgan fingerprint density at radius 2 is 2.14 bits per heavy atom. The normalized spacial score (nSPS) is 17.0. The van der Waals surface area contributed by atoms with E-state index < -0.39 is 5.91 Å². The van der Waals surface area contributed by atoms with Gasteiger partial charge in [0.15, 0.2) is 5.82 Å². The maximum absolute atomic E-state index is 10.8. The number of carbonyl (C=O) groups excluding carboxylic acids is 1. The monoisotopic (exact) mass is 195 g/mol. The highest BCUT2D eigenvalue weighted by atomic mass is 16.5. The van der Waals surface area contributed by atoms with Crippen LogP contribution < -0.4 is 10.6 Å². The molecule has 5 nitrogen and oxygen atoms in total. The van der Waals surface area contributed by atoms with Gasteiger partial charge in [0.1, 0.15) is 0 Å². The molecule has 0 spiro atoms. The first-order valence-electron chi connectivity index (χ1n) is 4.79. The topological polar surface area (TPSA) is 72.4 Å². The van der Waals surface area contributed by atoms with Gasteiger partial charge in [-0.15, -0.1) is 0 Å². The molecular weight excluding hydrogens is 182 g/mol. The van der Waals surface area contributed by atoms with E-state index in [1.807, 2.05) is 0 Å². The van der Waals surface area contributed by atoms with E-state index in [1.54, 1.807) is 6.07 Å². The molecule has 1 amide bonds. The van der Waals surface area contributed by atoms with Gasteiger partial charge >= 0.3 is 0 Å². The predicted octanol–water partition coefficient (Wildman–Crippen LogP) is 0.764. The maximum atomic E-state index is 10.8. The Morgan fingerprint density at radius 3 is 2.71 bits per heavy atom. The number of amides is 1. The number of hydrogen-bond donors (Lipinski definition) is 1. The highest BCUT2D eigenvalue weighted by molar-refractivity contribution is 5.90. The zero-order valence-electron chi connectivity index (χ0n) is 7.90. The fraction of sp³-hybridized carbons (Fsp3) is 0.556. The molecule has 1 aromatic rings. The third-order valence-corrected chi connectivity index (χ3v) is 2.42. The molecule has 1 fully saturated rings. The van der Waals surface area contributed by atoms with Gasteiger partial charge in [-0.25, -0.2) is 0 Å². The Hall–Kier alpha value is -1.52. The molecule has 2 rings (SSSR count). The summed E-state index contributed by atoms with van der Waals surface area (Å²) in [6.07, 6.45) is 3.59. The second kappa shape index (κ2) is 3.69. The highest BCUT2D eigenvalue weighted by Crippen LogP contribution is 2.18. The molecule has 0 aliphatic carbocycles. The Balaban J connectivity index is 2.11. The van der Waals surface area contributed by atoms with Crippen molar-refractivity contribution in [2.75, 3.05) is 18.0 Å². The standard InChI is InChI=1S/C9H13N3O2/c10-9(13)7-6-8(11-14-7)12-4-2-1-3-5-12/h6H,1-5H2,(H2,10,13). The molecule has 1 aliphatic rings. The summed E-state index contributed by atoms with van der Waals surface area (Å²) in [5, 5.41) is 3.81. The number of piperidine rings is 1. The molecular formula is C9H13N3O2. The first-order chi connectivity index (χ1) is 6.77. The first-order valence-corrected chi connectivity index (χ1v) is 4.79. The number of rotatable bonds is 2. The van der Waals surface area contributed by atoms with Crippen LogP contribution in [0.3, 0.4) is 0 Å². The number of anilines is 1. The summed E-state index contributed by atoms with van der Waals surface area (Å²) in [6, 6.07) is 1.60. The van der Waals surface area contributed by atoms with Crippen molar-refractivity contribution in [1.29, 1.82) is 0 Å². The number of nitrogens with two attached hydrogens (primary N) is 1. The molecule has 5 heteroatoms. The van der Waals surface area contributed by atoms with Gasteiger partial charge in [0, 0.05) is 19.2 Å². The number of aromatic nitrogens is 1. The van der Waals surface area contributed by atoms with E-state index in [0.717, 1.165) is 18.9 Å². The first kappa shape index (κ1) is 9.05. The van der Waals surface area contributed by atoms with Gasteiger partial charge in [0.2, 0.25) is 5.76 Å². The van der Waals surface area contributed by atoms with Crippen molar-refractivity contribution in [1.82, 2.24) is 5.16 Å². The summed E-state index contributed by atoms with van der Waals surface area (Å²) in [7, 11) is 0. The lowest BCUT2D eigenvalue weighted by molar-refractivity contribution is 0.0965. The van der Waals surface area contributed by atoms with Gasteiger partial charge in [-0.05, 0) is 19.3 Å². The van der Waals surface area contributed by atoms with Crippen molar-refractivity contribution in [3.8, 4) is 0 Å². The molecule has 0 bridgehead atoms. The number of carbonyl (C=O) groups is 1. The molecule has 14 heavy (non-hydrogen) atoms. The Morgan fingerprint density at radius 1 is 1.43 bits per heavy atom. The van der Waals surface area contributed by atoms with Crippen LogP contribution in [0.5, 0.6) is 0 Å². The molecule has 2 N–H and O–H groups in total. The molecule has 0 saturated carbocycles. The SMILES string of the molecule is NC(=O)c1cc(N2CCCCC2)no1. The van der Waals surface area contributed by atoms with Crippen molar-refractivity contribution in [3.63, 3.8) is 0 Å². The van der Waals surface area contributed by atoms with E-state index in [9.17, 15) is 4.79 Å². The molecule has 0 aromatic carbocycles. The van der Waals surface area contributed by atoms with E-state index in [2.05, 4.69) is 10.1 Å². The summed E-state index contributed by atoms with van der Waals surface area (Å²) >= 11 is 0. The molecule has 1 saturated heterocycles. The summed E-state index contributed by atoms with van der Waals surface area (Å²) < 4.78 is 4.81. The summed E-state index contributed by atoms with van der Waals surface area (Å²) in [6.45, 7) is 1.95. The molecule has 0 radical (unpaired) electrons. The highest BCUT2D eigenvalue weighted by Gasteiger charge is 2.16. The van der Waals surface area contributed by atoms with E-state index in [0.29, 0.717) is 0 Å². The maximum Gasteiger partial charge on any atom is 0.287 e. The second-order valence-corrected chi connectivity index (χ2v) is 3.46. The van der Waals surface area contributed by atoms with E-state index in [-0.39, 0.29) is 5.76 Å². The van der Waals surface area contributed by atoms with Crippen molar-refractivity contribution >= 4 is 11.7 Å². The van der Waals surface area contributed by atoms with Gasteiger partial charge in [-0.2, -0.15) is 0 Å². The molecule has 0 unspecified atom stereocenters. The van der Waals surface area contributed by atoms with Crippen molar-refractivity contribution in [2.45, 2.75) is 19.3 Å². The van der Waals surface area contributed by atoms with Gasteiger partial charge < -0.3 is 15.2 Å². The summed E-state index contributed by atoms with van der Waals surface area (Å²) in [4.78, 5) is 12.9. The van der Waals surface area contributed by atoms with Gasteiger partial charge in [0.05, 0.1) is 0 Å². The van der Waals surface area contributed by atoms with Crippen LogP contribution in [-0.2, 0) is 0 Å². The van der Waals surface area contributed by atoms with Crippen molar-refractivity contribution in [3.05, 3.63) is 11.8 Å². The molecule has 1 aliphatic heterocycles. The fourth-order valence-electron chi connectivity index (χ4n) is 1.65. The van der Waals surface area contributed by atoms with Gasteiger partial charge in [-0.1, -0.05) is 5.16 Å². The van der Waals surface area contributed by atoms with E-state index in [1.165, 1.54) is 19.3 Å². The average Bonchev–Trinajstić information content (AvgIpc) is 2.68. The lowest BCUT2D eigenvalue weighted by atomic mass is 10.1. The minimum absolute atomic E-state index is 0.130. The van der Waals surface area contributed by atoms with Crippen LogP contribution >= 0.6 is 0 Å². The molecule has 0 atom stereocenters. The van der Waals surface area contributed by atoms with Crippen LogP contribution in [-0.4, -0.2) is 24.2 Å². The zero-order chi connectivity index (χ0) is 9.97. The van der Waals surface area contributed by atoms with E-state index in [4.69, 9.17) is 10.3 Å². The van der Waals surface area contributed by atoms with Crippen LogP contribution in [0.25, 0.3) is 0 Å². The summed E-state index contributed by atoms with van der Waals surface area (Å²) in [5.74, 6) is 0.282.